The number of nitrogens with zero attached hydrogens (tertiary/aromatic N) is 4. The van der Waals surface area contributed by atoms with Crippen LogP contribution in [0.3, 0.4) is 0 Å². The number of rotatable bonds is 9. The van der Waals surface area contributed by atoms with Gasteiger partial charge in [0.1, 0.15) is 12.9 Å². The number of benzene rings is 1. The van der Waals surface area contributed by atoms with E-state index in [0.717, 1.165) is 42.9 Å². The molecule has 0 bridgehead atoms. The summed E-state index contributed by atoms with van der Waals surface area (Å²) in [6.45, 7) is 8.86. The molecule has 25 heavy (non-hydrogen) atoms. The topological polar surface area (TPSA) is 67.1 Å². The van der Waals surface area contributed by atoms with Crippen LogP contribution in [0.1, 0.15) is 45.9 Å². The van der Waals surface area contributed by atoms with Gasteiger partial charge in [-0.1, -0.05) is 44.9 Å². The van der Waals surface area contributed by atoms with Crippen LogP contribution in [-0.4, -0.2) is 33.8 Å². The molecule has 1 aromatic heterocycles. The van der Waals surface area contributed by atoms with E-state index in [1.165, 1.54) is 12.8 Å². The second-order valence-corrected chi connectivity index (χ2v) is 6.46. The largest absolute Gasteiger partial charge is 0.357 e. The van der Waals surface area contributed by atoms with Gasteiger partial charge >= 0.3 is 0 Å². The molecule has 0 aliphatic rings. The van der Waals surface area contributed by atoms with Crippen molar-refractivity contribution in [1.82, 2.24) is 25.4 Å². The minimum Gasteiger partial charge on any atom is -0.357 e. The lowest BCUT2D eigenvalue weighted by Crippen LogP contribution is -2.37. The highest BCUT2D eigenvalue weighted by atomic mass is 15.3. The highest BCUT2D eigenvalue weighted by molar-refractivity contribution is 5.79. The molecule has 0 fully saturated rings. The summed E-state index contributed by atoms with van der Waals surface area (Å²) in [5, 5.41) is 14.9. The predicted octanol–water partition coefficient (Wildman–Crippen LogP) is 3.15. The van der Waals surface area contributed by atoms with Crippen molar-refractivity contribution >= 4 is 5.96 Å². The van der Waals surface area contributed by atoms with Crippen LogP contribution in [0, 0.1) is 5.92 Å². The van der Waals surface area contributed by atoms with Crippen molar-refractivity contribution in [2.75, 3.05) is 13.1 Å². The Labute approximate surface area is 150 Å². The molecule has 0 unspecified atom stereocenters. The number of unbranched alkanes of at least 4 members (excludes halogenated alkanes) is 1. The Morgan fingerprint density at radius 2 is 1.96 bits per heavy atom. The van der Waals surface area contributed by atoms with Crippen LogP contribution in [-0.2, 0) is 6.54 Å². The van der Waals surface area contributed by atoms with Crippen LogP contribution in [0.4, 0.5) is 0 Å². The zero-order valence-electron chi connectivity index (χ0n) is 15.6. The summed E-state index contributed by atoms with van der Waals surface area (Å²) < 4.78 is 1.97. The Balaban J connectivity index is 1.92. The summed E-state index contributed by atoms with van der Waals surface area (Å²) in [5.41, 5.74) is 1.05. The van der Waals surface area contributed by atoms with E-state index in [1.54, 1.807) is 6.33 Å². The maximum absolute atomic E-state index is 4.65. The van der Waals surface area contributed by atoms with Crippen molar-refractivity contribution in [3.05, 3.63) is 42.5 Å². The van der Waals surface area contributed by atoms with E-state index >= 15 is 0 Å². The molecule has 0 spiro atoms. The molecule has 2 aromatic rings. The molecule has 2 N–H and O–H groups in total. The molecular formula is C19H30N6. The number of guanidine groups is 1. The molecule has 2 rings (SSSR count). The van der Waals surface area contributed by atoms with Crippen molar-refractivity contribution in [1.29, 1.82) is 0 Å². The average Bonchev–Trinajstić information content (AvgIpc) is 3.08. The third-order valence-electron chi connectivity index (χ3n) is 3.88. The summed E-state index contributed by atoms with van der Waals surface area (Å²) in [6.07, 6.45) is 5.40. The fraction of sp³-hybridized carbons (Fsp3) is 0.526. The quantitative estimate of drug-likeness (QED) is 0.417. The minimum absolute atomic E-state index is 0.482. The van der Waals surface area contributed by atoms with E-state index in [2.05, 4.69) is 46.6 Å². The van der Waals surface area contributed by atoms with Crippen molar-refractivity contribution < 1.29 is 0 Å². The second kappa shape index (κ2) is 10.5. The molecule has 0 saturated carbocycles. The Morgan fingerprint density at radius 3 is 2.68 bits per heavy atom. The highest BCUT2D eigenvalue weighted by Crippen LogP contribution is 2.09. The Bertz CT molecular complexity index is 632. The number of para-hydroxylation sites is 1. The number of aliphatic imine (C=N–C) groups is 1. The first-order valence-electron chi connectivity index (χ1n) is 9.17. The highest BCUT2D eigenvalue weighted by Gasteiger charge is 2.06. The van der Waals surface area contributed by atoms with Crippen LogP contribution in [0.2, 0.25) is 0 Å². The first-order chi connectivity index (χ1) is 12.2. The van der Waals surface area contributed by atoms with Gasteiger partial charge in [0, 0.05) is 18.8 Å². The second-order valence-electron chi connectivity index (χ2n) is 6.46. The first kappa shape index (κ1) is 19.0. The molecule has 0 radical (unpaired) electrons. The predicted molar refractivity (Wildman–Crippen MR) is 103 cm³/mol. The maximum Gasteiger partial charge on any atom is 0.191 e. The third kappa shape index (κ3) is 6.57. The molecule has 1 aromatic carbocycles. The third-order valence-corrected chi connectivity index (χ3v) is 3.88. The summed E-state index contributed by atoms with van der Waals surface area (Å²) in [4.78, 5) is 4.65. The number of nitrogens with one attached hydrogen (secondary N) is 2. The van der Waals surface area contributed by atoms with Gasteiger partial charge in [0.15, 0.2) is 11.8 Å². The van der Waals surface area contributed by atoms with Gasteiger partial charge < -0.3 is 10.6 Å². The lowest BCUT2D eigenvalue weighted by atomic mass is 10.1. The van der Waals surface area contributed by atoms with Gasteiger partial charge in [-0.3, -0.25) is 4.57 Å². The molecule has 0 saturated heterocycles. The van der Waals surface area contributed by atoms with Crippen molar-refractivity contribution in [2.45, 2.75) is 46.6 Å². The monoisotopic (exact) mass is 342 g/mol. The molecule has 0 aliphatic heterocycles. The lowest BCUT2D eigenvalue weighted by molar-refractivity contribution is 0.534. The van der Waals surface area contributed by atoms with Gasteiger partial charge in [0.2, 0.25) is 0 Å². The van der Waals surface area contributed by atoms with E-state index in [-0.39, 0.29) is 0 Å². The average molecular weight is 342 g/mol. The zero-order chi connectivity index (χ0) is 17.9. The molecule has 0 aliphatic carbocycles. The van der Waals surface area contributed by atoms with Crippen molar-refractivity contribution in [3.63, 3.8) is 0 Å². The molecule has 136 valence electrons. The zero-order valence-corrected chi connectivity index (χ0v) is 15.6. The summed E-state index contributed by atoms with van der Waals surface area (Å²) in [7, 11) is 0. The Kier molecular flexibility index (Phi) is 7.95. The summed E-state index contributed by atoms with van der Waals surface area (Å²) in [6, 6.07) is 10.1. The van der Waals surface area contributed by atoms with Crippen LogP contribution in [0.15, 0.2) is 41.7 Å². The Hall–Kier alpha value is -2.37. The first-order valence-corrected chi connectivity index (χ1v) is 9.17. The van der Waals surface area contributed by atoms with Gasteiger partial charge in [-0.05, 0) is 31.4 Å². The van der Waals surface area contributed by atoms with E-state index in [1.807, 2.05) is 34.9 Å². The molecule has 1 heterocycles. The van der Waals surface area contributed by atoms with Crippen LogP contribution < -0.4 is 10.6 Å². The maximum atomic E-state index is 4.65. The van der Waals surface area contributed by atoms with Gasteiger partial charge in [0.05, 0.1) is 0 Å². The molecule has 0 amide bonds. The fourth-order valence-corrected chi connectivity index (χ4v) is 2.55. The fourth-order valence-electron chi connectivity index (χ4n) is 2.55. The van der Waals surface area contributed by atoms with Crippen LogP contribution >= 0.6 is 0 Å². The number of hydrogen-bond donors (Lipinski definition) is 2. The van der Waals surface area contributed by atoms with Gasteiger partial charge in [-0.2, -0.15) is 0 Å². The van der Waals surface area contributed by atoms with Crippen LogP contribution in [0.25, 0.3) is 5.69 Å². The molecule has 6 nitrogen and oxygen atoms in total. The van der Waals surface area contributed by atoms with Crippen molar-refractivity contribution in [3.8, 4) is 5.69 Å². The smallest absolute Gasteiger partial charge is 0.191 e. The molecule has 6 heteroatoms. The normalized spacial score (nSPS) is 11.8. The summed E-state index contributed by atoms with van der Waals surface area (Å²) in [5.74, 6) is 2.42. The van der Waals surface area contributed by atoms with Crippen LogP contribution in [0.5, 0.6) is 0 Å². The van der Waals surface area contributed by atoms with Gasteiger partial charge in [-0.25, -0.2) is 4.99 Å². The van der Waals surface area contributed by atoms with E-state index in [0.29, 0.717) is 6.54 Å². The standard InChI is InChI=1S/C19H30N6/c1-4-20-19(21-13-9-8-10-16(2)3)22-14-18-24-23-15-25(18)17-11-6-5-7-12-17/h5-7,11-12,15-16H,4,8-10,13-14H2,1-3H3,(H2,20,21,22). The molecule has 0 atom stereocenters. The van der Waals surface area contributed by atoms with Crippen molar-refractivity contribution in [2.24, 2.45) is 10.9 Å². The molecular weight excluding hydrogens is 312 g/mol. The van der Waals surface area contributed by atoms with E-state index in [9.17, 15) is 0 Å². The van der Waals surface area contributed by atoms with E-state index < -0.39 is 0 Å². The lowest BCUT2D eigenvalue weighted by Gasteiger charge is -2.12. The minimum atomic E-state index is 0.482. The SMILES string of the molecule is CCNC(=NCc1nncn1-c1ccccc1)NCCCCC(C)C. The van der Waals surface area contributed by atoms with Gasteiger partial charge in [0.25, 0.3) is 0 Å². The Morgan fingerprint density at radius 1 is 1.16 bits per heavy atom. The number of aromatic nitrogens is 3. The van der Waals surface area contributed by atoms with E-state index in [4.69, 9.17) is 0 Å². The number of hydrogen-bond acceptors (Lipinski definition) is 3. The summed E-state index contributed by atoms with van der Waals surface area (Å²) >= 11 is 0. The van der Waals surface area contributed by atoms with Gasteiger partial charge in [-0.15, -0.1) is 10.2 Å².